The molecule has 0 N–H and O–H groups in total. The zero-order valence-corrected chi connectivity index (χ0v) is 14.0. The van der Waals surface area contributed by atoms with Gasteiger partial charge in [-0.2, -0.15) is 0 Å². The van der Waals surface area contributed by atoms with Gasteiger partial charge >= 0.3 is 0 Å². The molecule has 5 nitrogen and oxygen atoms in total. The van der Waals surface area contributed by atoms with Crippen LogP contribution in [0.25, 0.3) is 0 Å². The number of imidazole rings is 1. The largest absolute Gasteiger partial charge is 0.497 e. The number of hydrogen-bond donors (Lipinski definition) is 0. The lowest BCUT2D eigenvalue weighted by atomic mass is 9.94. The summed E-state index contributed by atoms with van der Waals surface area (Å²) >= 11 is 0. The predicted molar refractivity (Wildman–Crippen MR) is 87.2 cm³/mol. The first-order valence-electron chi connectivity index (χ1n) is 7.38. The van der Waals surface area contributed by atoms with E-state index in [-0.39, 0.29) is 0 Å². The van der Waals surface area contributed by atoms with E-state index in [0.717, 1.165) is 23.7 Å². The number of nitrogens with zero attached hydrogens (tertiary/aromatic N) is 3. The third-order valence-electron chi connectivity index (χ3n) is 3.82. The van der Waals surface area contributed by atoms with E-state index in [9.17, 15) is 0 Å². The van der Waals surface area contributed by atoms with Gasteiger partial charge in [0.1, 0.15) is 17.2 Å². The van der Waals surface area contributed by atoms with Crippen molar-refractivity contribution in [2.24, 2.45) is 7.05 Å². The van der Waals surface area contributed by atoms with Crippen LogP contribution in [0.5, 0.6) is 5.75 Å². The van der Waals surface area contributed by atoms with Crippen molar-refractivity contribution in [1.29, 1.82) is 0 Å². The second-order valence-electron chi connectivity index (χ2n) is 5.78. The summed E-state index contributed by atoms with van der Waals surface area (Å²) in [5.74, 6) is 1.72. The van der Waals surface area contributed by atoms with Crippen LogP contribution < -0.4 is 4.74 Å². The van der Waals surface area contributed by atoms with Crippen LogP contribution in [-0.2, 0) is 17.4 Å². The minimum Gasteiger partial charge on any atom is -0.497 e. The lowest BCUT2D eigenvalue weighted by Gasteiger charge is -2.30. The number of benzene rings is 1. The molecule has 0 amide bonds. The Kier molecular flexibility index (Phi) is 5.21. The van der Waals surface area contributed by atoms with Crippen LogP contribution in [0.1, 0.15) is 18.3 Å². The summed E-state index contributed by atoms with van der Waals surface area (Å²) < 4.78 is 13.5. The molecule has 2 rings (SSSR count). The number of aromatic nitrogens is 2. The lowest BCUT2D eigenvalue weighted by Crippen LogP contribution is -2.33. The molecule has 0 spiro atoms. The van der Waals surface area contributed by atoms with E-state index in [1.165, 1.54) is 0 Å². The first-order chi connectivity index (χ1) is 10.5. The van der Waals surface area contributed by atoms with Gasteiger partial charge < -0.3 is 18.9 Å². The minimum absolute atomic E-state index is 0.597. The summed E-state index contributed by atoms with van der Waals surface area (Å²) in [5, 5.41) is 0. The molecular formula is C17H25N3O2. The maximum absolute atomic E-state index is 6.26. The van der Waals surface area contributed by atoms with Gasteiger partial charge in [-0.25, -0.2) is 4.98 Å². The Balaban J connectivity index is 2.33. The van der Waals surface area contributed by atoms with E-state index < -0.39 is 5.60 Å². The second kappa shape index (κ2) is 6.94. The van der Waals surface area contributed by atoms with Crippen molar-refractivity contribution >= 4 is 0 Å². The van der Waals surface area contributed by atoms with Gasteiger partial charge in [0.2, 0.25) is 0 Å². The van der Waals surface area contributed by atoms with Crippen LogP contribution in [0.15, 0.2) is 36.7 Å². The second-order valence-corrected chi connectivity index (χ2v) is 5.78. The van der Waals surface area contributed by atoms with Crippen molar-refractivity contribution in [3.8, 4) is 5.75 Å². The molecule has 1 aromatic carbocycles. The number of ether oxygens (including phenoxy) is 2. The average Bonchev–Trinajstić information content (AvgIpc) is 2.93. The molecule has 5 heteroatoms. The highest BCUT2D eigenvalue weighted by atomic mass is 16.5. The Morgan fingerprint density at radius 3 is 2.41 bits per heavy atom. The van der Waals surface area contributed by atoms with Crippen molar-refractivity contribution in [2.45, 2.75) is 12.5 Å². The monoisotopic (exact) mass is 303 g/mol. The van der Waals surface area contributed by atoms with Crippen molar-refractivity contribution in [3.05, 3.63) is 48.0 Å². The molecule has 0 radical (unpaired) electrons. The maximum Gasteiger partial charge on any atom is 0.148 e. The smallest absolute Gasteiger partial charge is 0.148 e. The third kappa shape index (κ3) is 3.48. The van der Waals surface area contributed by atoms with Gasteiger partial charge in [-0.05, 0) is 38.7 Å². The summed E-state index contributed by atoms with van der Waals surface area (Å²) in [5.41, 5.74) is 0.460. The van der Waals surface area contributed by atoms with Gasteiger partial charge in [-0.1, -0.05) is 12.1 Å². The summed E-state index contributed by atoms with van der Waals surface area (Å²) in [6.45, 7) is 3.55. The van der Waals surface area contributed by atoms with Gasteiger partial charge in [-0.15, -0.1) is 0 Å². The molecule has 1 heterocycles. The lowest BCUT2D eigenvalue weighted by molar-refractivity contribution is -0.0179. The highest BCUT2D eigenvalue weighted by Crippen LogP contribution is 2.33. The Morgan fingerprint density at radius 1 is 1.23 bits per heavy atom. The van der Waals surface area contributed by atoms with Gasteiger partial charge in [-0.3, -0.25) is 0 Å². The average molecular weight is 303 g/mol. The number of likely N-dealkylation sites (N-methyl/N-ethyl adjacent to an activating group) is 1. The van der Waals surface area contributed by atoms with E-state index in [1.54, 1.807) is 13.3 Å². The Labute approximate surface area is 132 Å². The maximum atomic E-state index is 6.26. The van der Waals surface area contributed by atoms with Gasteiger partial charge in [0.25, 0.3) is 0 Å². The van der Waals surface area contributed by atoms with Gasteiger partial charge in [0.15, 0.2) is 0 Å². The van der Waals surface area contributed by atoms with Gasteiger partial charge in [0.05, 0.1) is 13.7 Å². The number of methoxy groups -OCH3 is 1. The predicted octanol–water partition coefficient (Wildman–Crippen LogP) is 2.27. The summed E-state index contributed by atoms with van der Waals surface area (Å²) in [7, 11) is 7.73. The fourth-order valence-electron chi connectivity index (χ4n) is 2.44. The van der Waals surface area contributed by atoms with Crippen LogP contribution in [0.2, 0.25) is 0 Å². The Morgan fingerprint density at radius 2 is 1.91 bits per heavy atom. The molecule has 22 heavy (non-hydrogen) atoms. The van der Waals surface area contributed by atoms with Crippen molar-refractivity contribution in [3.63, 3.8) is 0 Å². The quantitative estimate of drug-likeness (QED) is 0.786. The van der Waals surface area contributed by atoms with Crippen molar-refractivity contribution in [1.82, 2.24) is 14.5 Å². The summed E-state index contributed by atoms with van der Waals surface area (Å²) in [4.78, 5) is 6.60. The molecule has 0 fully saturated rings. The molecule has 1 aromatic heterocycles. The Bertz CT molecular complexity index is 592. The number of hydrogen-bond acceptors (Lipinski definition) is 4. The number of rotatable bonds is 7. The molecule has 0 aliphatic rings. The molecule has 0 saturated heterocycles. The Hall–Kier alpha value is -1.85. The topological polar surface area (TPSA) is 39.5 Å². The fourth-order valence-corrected chi connectivity index (χ4v) is 2.44. The molecule has 1 atom stereocenters. The molecule has 120 valence electrons. The minimum atomic E-state index is -0.597. The van der Waals surface area contributed by atoms with Crippen LogP contribution in [0, 0.1) is 0 Å². The van der Waals surface area contributed by atoms with Crippen LogP contribution >= 0.6 is 0 Å². The fraction of sp³-hybridized carbons (Fsp3) is 0.471. The normalized spacial score (nSPS) is 14.1. The summed E-state index contributed by atoms with van der Waals surface area (Å²) in [6.07, 6.45) is 3.73. The van der Waals surface area contributed by atoms with E-state index in [4.69, 9.17) is 9.47 Å². The number of aryl methyl sites for hydroxylation is 1. The highest BCUT2D eigenvalue weighted by Gasteiger charge is 2.33. The zero-order chi connectivity index (χ0) is 16.2. The molecular weight excluding hydrogens is 278 g/mol. The molecule has 0 saturated carbocycles. The molecule has 1 unspecified atom stereocenters. The van der Waals surface area contributed by atoms with Crippen LogP contribution in [-0.4, -0.2) is 48.8 Å². The highest BCUT2D eigenvalue weighted by molar-refractivity contribution is 5.34. The van der Waals surface area contributed by atoms with E-state index in [0.29, 0.717) is 6.61 Å². The standard InChI is InChI=1S/C17H25N3O2/c1-17(22-13-12-19(2)3,16-18-10-11-20(16)4)14-6-8-15(21-5)9-7-14/h6-11H,12-13H2,1-5H3. The van der Waals surface area contributed by atoms with E-state index in [1.807, 2.05) is 56.2 Å². The zero-order valence-electron chi connectivity index (χ0n) is 14.0. The van der Waals surface area contributed by atoms with Crippen LogP contribution in [0.4, 0.5) is 0 Å². The molecule has 0 aliphatic heterocycles. The van der Waals surface area contributed by atoms with Crippen molar-refractivity contribution in [2.75, 3.05) is 34.4 Å². The van der Waals surface area contributed by atoms with Crippen LogP contribution in [0.3, 0.4) is 0 Å². The van der Waals surface area contributed by atoms with Crippen molar-refractivity contribution < 1.29 is 9.47 Å². The first kappa shape index (κ1) is 16.5. The molecule has 0 bridgehead atoms. The van der Waals surface area contributed by atoms with E-state index >= 15 is 0 Å². The molecule has 0 aliphatic carbocycles. The first-order valence-corrected chi connectivity index (χ1v) is 7.38. The van der Waals surface area contributed by atoms with E-state index in [2.05, 4.69) is 16.8 Å². The van der Waals surface area contributed by atoms with Gasteiger partial charge in [0, 0.05) is 26.0 Å². The summed E-state index contributed by atoms with van der Waals surface area (Å²) in [6, 6.07) is 7.96. The third-order valence-corrected chi connectivity index (χ3v) is 3.82. The SMILES string of the molecule is COc1ccc(C(C)(OCCN(C)C)c2nccn2C)cc1. The molecule has 2 aromatic rings.